The fourth-order valence-corrected chi connectivity index (χ4v) is 2.40. The number of amides is 1. The maximum absolute atomic E-state index is 11.8. The van der Waals surface area contributed by atoms with Crippen LogP contribution < -0.4 is 14.8 Å². The highest BCUT2D eigenvalue weighted by Crippen LogP contribution is 2.23. The van der Waals surface area contributed by atoms with Gasteiger partial charge in [-0.05, 0) is 31.2 Å². The first-order valence-corrected chi connectivity index (χ1v) is 7.94. The summed E-state index contributed by atoms with van der Waals surface area (Å²) in [5.74, 6) is 1.17. The van der Waals surface area contributed by atoms with Gasteiger partial charge < -0.3 is 14.2 Å². The Balaban J connectivity index is 1.95. The Labute approximate surface area is 149 Å². The predicted molar refractivity (Wildman–Crippen MR) is 97.1 cm³/mol. The highest BCUT2D eigenvalue weighted by atomic mass is 16.5. The van der Waals surface area contributed by atoms with Gasteiger partial charge in [-0.2, -0.15) is 0 Å². The number of methoxy groups -OCH3 is 1. The summed E-state index contributed by atoms with van der Waals surface area (Å²) < 4.78 is 17.1. The Morgan fingerprint density at radius 1 is 1.19 bits per heavy atom. The van der Waals surface area contributed by atoms with Crippen LogP contribution in [0, 0.1) is 5.41 Å². The van der Waals surface area contributed by atoms with Crippen LogP contribution in [0.15, 0.2) is 48.5 Å². The summed E-state index contributed by atoms with van der Waals surface area (Å²) in [4.78, 5) is 16.1. The van der Waals surface area contributed by atoms with Gasteiger partial charge in [0.25, 0.3) is 0 Å². The molecule has 8 nitrogen and oxygen atoms in total. The number of carbonyl (C=O) groups is 1. The molecule has 0 saturated heterocycles. The molecule has 2 aromatic carbocycles. The third-order valence-corrected chi connectivity index (χ3v) is 3.51. The average molecular weight is 354 g/mol. The fourth-order valence-electron chi connectivity index (χ4n) is 2.40. The van der Waals surface area contributed by atoms with Crippen molar-refractivity contribution in [3.05, 3.63) is 48.5 Å². The Morgan fingerprint density at radius 2 is 1.96 bits per heavy atom. The van der Waals surface area contributed by atoms with E-state index in [0.717, 1.165) is 0 Å². The molecule has 2 N–H and O–H groups in total. The minimum atomic E-state index is -0.654. The summed E-state index contributed by atoms with van der Waals surface area (Å²) in [5.41, 5.74) is 1.23. The molecule has 0 atom stereocenters. The van der Waals surface area contributed by atoms with E-state index >= 15 is 0 Å². The largest absolute Gasteiger partial charge is 0.497 e. The highest BCUT2D eigenvalue weighted by Gasteiger charge is 2.18. The number of nitrogens with zero attached hydrogens (tertiary/aromatic N) is 2. The van der Waals surface area contributed by atoms with Crippen molar-refractivity contribution in [2.24, 2.45) is 0 Å². The third-order valence-electron chi connectivity index (χ3n) is 3.51. The second-order valence-corrected chi connectivity index (χ2v) is 5.19. The summed E-state index contributed by atoms with van der Waals surface area (Å²) in [7, 11) is 1.55. The second-order valence-electron chi connectivity index (χ2n) is 5.19. The van der Waals surface area contributed by atoms with E-state index in [1.807, 2.05) is 12.1 Å². The van der Waals surface area contributed by atoms with Crippen LogP contribution in [-0.4, -0.2) is 35.4 Å². The van der Waals surface area contributed by atoms with Crippen molar-refractivity contribution < 1.29 is 19.0 Å². The van der Waals surface area contributed by atoms with E-state index in [2.05, 4.69) is 10.3 Å². The smallest absolute Gasteiger partial charge is 0.413 e. The molecule has 8 heteroatoms. The maximum atomic E-state index is 11.8. The molecular weight excluding hydrogens is 336 g/mol. The lowest BCUT2D eigenvalue weighted by molar-refractivity contribution is 0.167. The number of imidazole rings is 1. The molecule has 1 heterocycles. The Bertz CT molecular complexity index is 951. The summed E-state index contributed by atoms with van der Waals surface area (Å²) in [5, 5.41) is 10.9. The minimum Gasteiger partial charge on any atom is -0.497 e. The lowest BCUT2D eigenvalue weighted by atomic mass is 10.3. The SMILES string of the molecule is CCOC(=O)Nc1nc2ccccc2n1C(=N)Oc1cccc(OC)c1. The van der Waals surface area contributed by atoms with Gasteiger partial charge >= 0.3 is 12.1 Å². The number of ether oxygens (including phenoxy) is 3. The first-order chi connectivity index (χ1) is 12.6. The molecule has 3 aromatic rings. The first kappa shape index (κ1) is 17.3. The van der Waals surface area contributed by atoms with Crippen molar-refractivity contribution in [1.82, 2.24) is 9.55 Å². The lowest BCUT2D eigenvalue weighted by Crippen LogP contribution is -2.23. The molecule has 1 amide bonds. The number of fused-ring (bicyclic) bond motifs is 1. The summed E-state index contributed by atoms with van der Waals surface area (Å²) in [6, 6.07) is 13.9. The topological polar surface area (TPSA) is 98.5 Å². The highest BCUT2D eigenvalue weighted by molar-refractivity contribution is 5.95. The van der Waals surface area contributed by atoms with Crippen molar-refractivity contribution in [2.75, 3.05) is 19.0 Å². The molecule has 0 spiro atoms. The predicted octanol–water partition coefficient (Wildman–Crippen LogP) is 3.48. The van der Waals surface area contributed by atoms with E-state index in [9.17, 15) is 4.79 Å². The number of nitrogens with one attached hydrogen (secondary N) is 2. The van der Waals surface area contributed by atoms with Gasteiger partial charge in [-0.3, -0.25) is 10.7 Å². The second kappa shape index (κ2) is 7.56. The van der Waals surface area contributed by atoms with Crippen LogP contribution in [0.1, 0.15) is 6.92 Å². The van der Waals surface area contributed by atoms with E-state index < -0.39 is 6.09 Å². The van der Waals surface area contributed by atoms with E-state index in [4.69, 9.17) is 19.6 Å². The van der Waals surface area contributed by atoms with E-state index in [1.54, 1.807) is 50.4 Å². The zero-order valence-electron chi connectivity index (χ0n) is 14.4. The summed E-state index contributed by atoms with van der Waals surface area (Å²) >= 11 is 0. The average Bonchev–Trinajstić information content (AvgIpc) is 2.99. The molecule has 26 heavy (non-hydrogen) atoms. The van der Waals surface area contributed by atoms with Gasteiger partial charge in [0, 0.05) is 6.07 Å². The van der Waals surface area contributed by atoms with Crippen LogP contribution in [0.25, 0.3) is 11.0 Å². The molecule has 0 fully saturated rings. The molecule has 0 radical (unpaired) electrons. The zero-order chi connectivity index (χ0) is 18.5. The standard InChI is InChI=1S/C18H18N4O4/c1-3-25-18(23)21-17-20-14-9-4-5-10-15(14)22(17)16(19)26-13-8-6-7-12(11-13)24-2/h4-11,19H,3H2,1-2H3,(H,20,21,23). The maximum Gasteiger partial charge on any atom is 0.413 e. The Hall–Kier alpha value is -3.55. The van der Waals surface area contributed by atoms with Gasteiger partial charge in [0.2, 0.25) is 5.95 Å². The monoisotopic (exact) mass is 354 g/mol. The quantitative estimate of drug-likeness (QED) is 0.552. The van der Waals surface area contributed by atoms with Crippen LogP contribution in [0.4, 0.5) is 10.7 Å². The number of hydrogen-bond acceptors (Lipinski definition) is 6. The molecule has 3 rings (SSSR count). The number of aromatic nitrogens is 2. The van der Waals surface area contributed by atoms with Gasteiger partial charge in [0.05, 0.1) is 24.8 Å². The molecule has 134 valence electrons. The summed E-state index contributed by atoms with van der Waals surface area (Å²) in [6.07, 6.45) is -0.654. The van der Waals surface area contributed by atoms with Crippen LogP contribution in [0.2, 0.25) is 0 Å². The fraction of sp³-hybridized carbons (Fsp3) is 0.167. The molecule has 0 saturated carbocycles. The molecule has 0 aliphatic heterocycles. The van der Waals surface area contributed by atoms with Crippen LogP contribution >= 0.6 is 0 Å². The van der Waals surface area contributed by atoms with Crippen LogP contribution in [0.5, 0.6) is 11.5 Å². The molecule has 0 unspecified atom stereocenters. The number of benzene rings is 2. The van der Waals surface area contributed by atoms with Gasteiger partial charge in [0.15, 0.2) is 0 Å². The molecule has 1 aromatic heterocycles. The van der Waals surface area contributed by atoms with Gasteiger partial charge in [-0.25, -0.2) is 14.3 Å². The van der Waals surface area contributed by atoms with Crippen LogP contribution in [-0.2, 0) is 4.74 Å². The molecule has 0 aliphatic carbocycles. The third kappa shape index (κ3) is 3.59. The Kier molecular flexibility index (Phi) is 5.02. The van der Waals surface area contributed by atoms with Crippen molar-refractivity contribution in [1.29, 1.82) is 5.41 Å². The minimum absolute atomic E-state index is 0.137. The van der Waals surface area contributed by atoms with E-state index in [0.29, 0.717) is 22.5 Å². The number of para-hydroxylation sites is 2. The number of anilines is 1. The van der Waals surface area contributed by atoms with Gasteiger partial charge in [-0.15, -0.1) is 0 Å². The normalized spacial score (nSPS) is 10.4. The lowest BCUT2D eigenvalue weighted by Gasteiger charge is -2.12. The molecular formula is C18H18N4O4. The first-order valence-electron chi connectivity index (χ1n) is 7.94. The van der Waals surface area contributed by atoms with Crippen molar-refractivity contribution in [3.8, 4) is 11.5 Å². The molecule has 0 aliphatic rings. The number of carbonyl (C=O) groups excluding carboxylic acids is 1. The van der Waals surface area contributed by atoms with Crippen molar-refractivity contribution in [2.45, 2.75) is 6.92 Å². The van der Waals surface area contributed by atoms with Crippen LogP contribution in [0.3, 0.4) is 0 Å². The van der Waals surface area contributed by atoms with E-state index in [-0.39, 0.29) is 18.6 Å². The van der Waals surface area contributed by atoms with Gasteiger partial charge in [-0.1, -0.05) is 18.2 Å². The Morgan fingerprint density at radius 3 is 2.73 bits per heavy atom. The van der Waals surface area contributed by atoms with Gasteiger partial charge in [0.1, 0.15) is 11.5 Å². The molecule has 0 bridgehead atoms. The number of hydrogen-bond donors (Lipinski definition) is 2. The van der Waals surface area contributed by atoms with Crippen molar-refractivity contribution in [3.63, 3.8) is 0 Å². The van der Waals surface area contributed by atoms with Crippen molar-refractivity contribution >= 4 is 29.1 Å². The zero-order valence-corrected chi connectivity index (χ0v) is 14.4. The summed E-state index contributed by atoms with van der Waals surface area (Å²) in [6.45, 7) is 1.93. The van der Waals surface area contributed by atoms with E-state index in [1.165, 1.54) is 4.57 Å². The number of rotatable bonds is 4.